The number of rotatable bonds is 5. The van der Waals surface area contributed by atoms with Crippen molar-refractivity contribution in [3.05, 3.63) is 18.2 Å². The topological polar surface area (TPSA) is 72.6 Å². The molecule has 0 fully saturated rings. The van der Waals surface area contributed by atoms with Crippen LogP contribution in [-0.2, 0) is 10.0 Å². The Labute approximate surface area is 115 Å². The molecule has 0 radical (unpaired) electrons. The Morgan fingerprint density at radius 2 is 1.95 bits per heavy atom. The zero-order valence-corrected chi connectivity index (χ0v) is 12.9. The second-order valence-electron chi connectivity index (χ2n) is 5.04. The molecule has 0 saturated heterocycles. The summed E-state index contributed by atoms with van der Waals surface area (Å²) >= 11 is 0. The molecule has 19 heavy (non-hydrogen) atoms. The van der Waals surface area contributed by atoms with Crippen LogP contribution in [0.1, 0.15) is 27.2 Å². The molecule has 0 atom stereocenters. The lowest BCUT2D eigenvalue weighted by atomic mass is 10.0. The Kier molecular flexibility index (Phi) is 4.47. The van der Waals surface area contributed by atoms with Gasteiger partial charge in [-0.2, -0.15) is 4.31 Å². The summed E-state index contributed by atoms with van der Waals surface area (Å²) in [5, 5.41) is 0. The van der Waals surface area contributed by atoms with E-state index in [0.717, 1.165) is 0 Å². The van der Waals surface area contributed by atoms with E-state index in [-0.39, 0.29) is 10.6 Å². The maximum atomic E-state index is 12.6. The van der Waals surface area contributed by atoms with Gasteiger partial charge in [0.05, 0.1) is 12.8 Å². The second-order valence-corrected chi connectivity index (χ2v) is 6.98. The lowest BCUT2D eigenvalue weighted by Gasteiger charge is -2.34. The summed E-state index contributed by atoms with van der Waals surface area (Å²) in [6.45, 7) is 5.71. The molecule has 0 aromatic heterocycles. The predicted molar refractivity (Wildman–Crippen MR) is 76.7 cm³/mol. The van der Waals surface area contributed by atoms with Gasteiger partial charge in [-0.3, -0.25) is 0 Å². The molecule has 0 aliphatic rings. The third-order valence-electron chi connectivity index (χ3n) is 3.57. The fourth-order valence-corrected chi connectivity index (χ4v) is 3.26. The molecule has 108 valence electrons. The number of nitrogens with two attached hydrogens (primary N) is 1. The predicted octanol–water partition coefficient (Wildman–Crippen LogP) is 2.09. The molecule has 2 N–H and O–H groups in total. The summed E-state index contributed by atoms with van der Waals surface area (Å²) in [5.74, 6) is 0.536. The Morgan fingerprint density at radius 3 is 2.37 bits per heavy atom. The van der Waals surface area contributed by atoms with E-state index in [9.17, 15) is 8.42 Å². The van der Waals surface area contributed by atoms with Gasteiger partial charge in [-0.15, -0.1) is 0 Å². The highest BCUT2D eigenvalue weighted by atomic mass is 32.2. The minimum Gasteiger partial charge on any atom is -0.497 e. The van der Waals surface area contributed by atoms with E-state index in [1.807, 2.05) is 20.8 Å². The molecule has 0 heterocycles. The zero-order valence-electron chi connectivity index (χ0n) is 12.1. The first-order valence-corrected chi connectivity index (χ1v) is 7.53. The van der Waals surface area contributed by atoms with Crippen molar-refractivity contribution in [2.75, 3.05) is 19.9 Å². The minimum absolute atomic E-state index is 0.109. The van der Waals surface area contributed by atoms with Crippen molar-refractivity contribution in [3.8, 4) is 5.75 Å². The zero-order chi connectivity index (χ0) is 14.8. The molecule has 0 aliphatic carbocycles. The van der Waals surface area contributed by atoms with Crippen LogP contribution in [0.4, 0.5) is 5.69 Å². The molecule has 0 spiro atoms. The molecule has 6 heteroatoms. The highest BCUT2D eigenvalue weighted by Crippen LogP contribution is 2.30. The van der Waals surface area contributed by atoms with Crippen LogP contribution in [0.5, 0.6) is 5.75 Å². The third kappa shape index (κ3) is 3.01. The van der Waals surface area contributed by atoms with Crippen molar-refractivity contribution in [2.24, 2.45) is 0 Å². The van der Waals surface area contributed by atoms with Crippen LogP contribution in [0.2, 0.25) is 0 Å². The number of hydrogen-bond donors (Lipinski definition) is 1. The van der Waals surface area contributed by atoms with Gasteiger partial charge in [0.1, 0.15) is 10.6 Å². The average molecular weight is 286 g/mol. The summed E-state index contributed by atoms with van der Waals surface area (Å²) in [6, 6.07) is 4.58. The quantitative estimate of drug-likeness (QED) is 0.841. The number of nitrogen functional groups attached to an aromatic ring is 1. The molecule has 0 bridgehead atoms. The average Bonchev–Trinajstić information content (AvgIpc) is 2.37. The van der Waals surface area contributed by atoms with Crippen LogP contribution in [0.3, 0.4) is 0 Å². The van der Waals surface area contributed by atoms with E-state index in [2.05, 4.69) is 0 Å². The monoisotopic (exact) mass is 286 g/mol. The first-order valence-electron chi connectivity index (χ1n) is 6.09. The number of methoxy groups -OCH3 is 1. The number of nitrogens with zero attached hydrogens (tertiary/aromatic N) is 1. The van der Waals surface area contributed by atoms with Crippen LogP contribution in [0.15, 0.2) is 23.1 Å². The van der Waals surface area contributed by atoms with Crippen molar-refractivity contribution in [3.63, 3.8) is 0 Å². The summed E-state index contributed by atoms with van der Waals surface area (Å²) in [4.78, 5) is 0.109. The van der Waals surface area contributed by atoms with Gasteiger partial charge in [0.15, 0.2) is 0 Å². The van der Waals surface area contributed by atoms with Crippen LogP contribution < -0.4 is 10.5 Å². The fraction of sp³-hybridized carbons (Fsp3) is 0.538. The summed E-state index contributed by atoms with van der Waals surface area (Å²) in [7, 11) is -0.531. The Hall–Kier alpha value is -1.27. The lowest BCUT2D eigenvalue weighted by molar-refractivity contribution is 0.257. The Balaban J connectivity index is 3.28. The molecular formula is C13H22N2O3S. The highest BCUT2D eigenvalue weighted by molar-refractivity contribution is 7.89. The largest absolute Gasteiger partial charge is 0.497 e. The normalized spacial score (nSPS) is 12.7. The van der Waals surface area contributed by atoms with E-state index in [0.29, 0.717) is 12.2 Å². The standard InChI is InChI=1S/C13H22N2O3S/c1-6-13(2,3)15(4)19(16,17)12-8-7-10(18-5)9-11(12)14/h7-9H,6,14H2,1-5H3. The summed E-state index contributed by atoms with van der Waals surface area (Å²) < 4.78 is 31.5. The number of ether oxygens (including phenoxy) is 1. The molecular weight excluding hydrogens is 264 g/mol. The molecule has 0 amide bonds. The number of anilines is 1. The van der Waals surface area contributed by atoms with Crippen molar-refractivity contribution in [2.45, 2.75) is 37.6 Å². The molecule has 0 aliphatic heterocycles. The van der Waals surface area contributed by atoms with Gasteiger partial charge in [0.25, 0.3) is 0 Å². The van der Waals surface area contributed by atoms with Crippen molar-refractivity contribution >= 4 is 15.7 Å². The SMILES string of the molecule is CCC(C)(C)N(C)S(=O)(=O)c1ccc(OC)cc1N. The van der Waals surface area contributed by atoms with Gasteiger partial charge in [0, 0.05) is 18.7 Å². The fourth-order valence-electron chi connectivity index (χ4n) is 1.58. The van der Waals surface area contributed by atoms with Gasteiger partial charge in [-0.05, 0) is 32.4 Å². The Bertz CT molecular complexity index is 553. The van der Waals surface area contributed by atoms with E-state index in [1.54, 1.807) is 13.1 Å². The third-order valence-corrected chi connectivity index (χ3v) is 5.72. The number of benzene rings is 1. The summed E-state index contributed by atoms with van der Waals surface area (Å²) in [6.07, 6.45) is 0.707. The summed E-state index contributed by atoms with van der Waals surface area (Å²) in [5.41, 5.74) is 5.55. The van der Waals surface area contributed by atoms with Crippen LogP contribution in [0.25, 0.3) is 0 Å². The van der Waals surface area contributed by atoms with E-state index >= 15 is 0 Å². The van der Waals surface area contributed by atoms with Gasteiger partial charge < -0.3 is 10.5 Å². The first-order chi connectivity index (χ1) is 8.66. The van der Waals surface area contributed by atoms with Gasteiger partial charge in [0.2, 0.25) is 10.0 Å². The molecule has 5 nitrogen and oxygen atoms in total. The van der Waals surface area contributed by atoms with E-state index in [4.69, 9.17) is 10.5 Å². The van der Waals surface area contributed by atoms with Crippen molar-refractivity contribution in [1.82, 2.24) is 4.31 Å². The number of hydrogen-bond acceptors (Lipinski definition) is 4. The number of sulfonamides is 1. The van der Waals surface area contributed by atoms with Gasteiger partial charge in [-0.1, -0.05) is 6.92 Å². The molecule has 1 aromatic carbocycles. The van der Waals surface area contributed by atoms with E-state index < -0.39 is 15.6 Å². The van der Waals surface area contributed by atoms with Crippen molar-refractivity contribution < 1.29 is 13.2 Å². The van der Waals surface area contributed by atoms with Crippen LogP contribution in [-0.4, -0.2) is 32.4 Å². The molecule has 0 saturated carbocycles. The maximum Gasteiger partial charge on any atom is 0.245 e. The molecule has 1 aromatic rings. The molecule has 0 unspecified atom stereocenters. The minimum atomic E-state index is -3.61. The van der Waals surface area contributed by atoms with Gasteiger partial charge >= 0.3 is 0 Å². The van der Waals surface area contributed by atoms with Gasteiger partial charge in [-0.25, -0.2) is 8.42 Å². The molecule has 1 rings (SSSR count). The van der Waals surface area contributed by atoms with Crippen molar-refractivity contribution in [1.29, 1.82) is 0 Å². The smallest absolute Gasteiger partial charge is 0.245 e. The van der Waals surface area contributed by atoms with E-state index in [1.165, 1.54) is 23.5 Å². The first kappa shape index (κ1) is 15.8. The highest BCUT2D eigenvalue weighted by Gasteiger charge is 2.33. The lowest BCUT2D eigenvalue weighted by Crippen LogP contribution is -2.44. The van der Waals surface area contributed by atoms with Crippen LogP contribution in [0, 0.1) is 0 Å². The Morgan fingerprint density at radius 1 is 1.37 bits per heavy atom. The maximum absolute atomic E-state index is 12.6. The van der Waals surface area contributed by atoms with Crippen LogP contribution >= 0.6 is 0 Å². The second kappa shape index (κ2) is 5.38.